The Morgan fingerprint density at radius 1 is 1.26 bits per heavy atom. The van der Waals surface area contributed by atoms with Crippen LogP contribution in [0.5, 0.6) is 17.2 Å². The van der Waals surface area contributed by atoms with Gasteiger partial charge in [-0.3, -0.25) is 15.5 Å². The van der Waals surface area contributed by atoms with Crippen LogP contribution in [0.1, 0.15) is 44.9 Å². The number of amides is 2. The second kappa shape index (κ2) is 14.5. The summed E-state index contributed by atoms with van der Waals surface area (Å²) in [6.45, 7) is 6.96. The predicted octanol–water partition coefficient (Wildman–Crippen LogP) is 3.67. The van der Waals surface area contributed by atoms with E-state index in [1.165, 1.54) is 19.4 Å². The van der Waals surface area contributed by atoms with E-state index < -0.39 is 29.2 Å². The number of esters is 1. The van der Waals surface area contributed by atoms with E-state index in [1.54, 1.807) is 52.0 Å². The van der Waals surface area contributed by atoms with Crippen LogP contribution in [0.25, 0.3) is 0 Å². The van der Waals surface area contributed by atoms with Crippen molar-refractivity contribution in [1.29, 1.82) is 0 Å². The summed E-state index contributed by atoms with van der Waals surface area (Å²) in [6.07, 6.45) is -0.209. The molecular weight excluding hydrogens is 618 g/mol. The molecule has 42 heavy (non-hydrogen) atoms. The van der Waals surface area contributed by atoms with Gasteiger partial charge in [-0.15, -0.1) is 0 Å². The Hall–Kier alpha value is -4.37. The van der Waals surface area contributed by atoms with Gasteiger partial charge in [-0.1, -0.05) is 6.07 Å². The van der Waals surface area contributed by atoms with Crippen LogP contribution >= 0.6 is 15.9 Å². The summed E-state index contributed by atoms with van der Waals surface area (Å²) >= 11 is 3.29. The highest BCUT2D eigenvalue weighted by molar-refractivity contribution is 9.10. The zero-order valence-corrected chi connectivity index (χ0v) is 25.2. The quantitative estimate of drug-likeness (QED) is 0.0821. The second-order valence-electron chi connectivity index (χ2n) is 9.19. The van der Waals surface area contributed by atoms with E-state index in [-0.39, 0.29) is 29.7 Å². The van der Waals surface area contributed by atoms with Crippen LogP contribution in [-0.4, -0.2) is 60.9 Å². The van der Waals surface area contributed by atoms with E-state index in [2.05, 4.69) is 37.1 Å². The molecule has 2 atom stereocenters. The first kappa shape index (κ1) is 32.1. The molecule has 15 heteroatoms. The van der Waals surface area contributed by atoms with Gasteiger partial charge in [-0.05, 0) is 67.4 Å². The Morgan fingerprint density at radius 3 is 2.64 bits per heavy atom. The van der Waals surface area contributed by atoms with Crippen LogP contribution in [0.4, 0.5) is 10.5 Å². The zero-order valence-electron chi connectivity index (χ0n) is 23.6. The van der Waals surface area contributed by atoms with Crippen LogP contribution in [0.2, 0.25) is 0 Å². The second-order valence-corrected chi connectivity index (χ2v) is 10.0. The molecule has 0 unspecified atom stereocenters. The topological polar surface area (TPSA) is 183 Å². The molecule has 3 rings (SSSR count). The van der Waals surface area contributed by atoms with Gasteiger partial charge < -0.3 is 34.7 Å². The molecule has 0 aromatic heterocycles. The molecule has 2 amide bonds. The van der Waals surface area contributed by atoms with Crippen molar-refractivity contribution >= 4 is 39.8 Å². The number of ether oxygens (including phenoxy) is 4. The maximum absolute atomic E-state index is 12.4. The lowest BCUT2D eigenvalue weighted by molar-refractivity contribution is -0.386. The van der Waals surface area contributed by atoms with Crippen molar-refractivity contribution in [3.8, 4) is 17.2 Å². The molecule has 0 saturated carbocycles. The first-order chi connectivity index (χ1) is 19.9. The van der Waals surface area contributed by atoms with Crippen molar-refractivity contribution in [2.75, 3.05) is 20.3 Å². The van der Waals surface area contributed by atoms with Crippen molar-refractivity contribution in [3.05, 3.63) is 67.3 Å². The third-order valence-electron chi connectivity index (χ3n) is 5.71. The summed E-state index contributed by atoms with van der Waals surface area (Å²) in [5.74, 6) is 0.132. The summed E-state index contributed by atoms with van der Waals surface area (Å²) in [7, 11) is 1.25. The number of carbonyl (C=O) groups excluding carboxylic acids is 2. The van der Waals surface area contributed by atoms with Crippen LogP contribution < -0.4 is 30.3 Å². The summed E-state index contributed by atoms with van der Waals surface area (Å²) in [4.78, 5) is 35.5. The Morgan fingerprint density at radius 2 is 2.00 bits per heavy atom. The molecule has 14 nitrogen and oxygen atoms in total. The predicted molar refractivity (Wildman–Crippen MR) is 156 cm³/mol. The van der Waals surface area contributed by atoms with E-state index in [0.717, 1.165) is 0 Å². The number of rotatable bonds is 13. The standard InChI is InChI=1S/C27H32BrN5O9/c1-6-40-21-11-17(24-23(26(35)39-5)15(4)30-27(36)31-24)7-8-20(21)41-13-22(34)32-29-12-16-9-18(28)25(42-14(2)3)19(10-16)33(37)38/h7-12,14,22,24,32,34H,6,13H2,1-5H3,(H2,30,31,36)/b29-12+/t22-,24+/m0/s1. The third kappa shape index (κ3) is 8.10. The molecule has 4 N–H and O–H groups in total. The number of nitrogens with one attached hydrogen (secondary N) is 3. The molecule has 1 aliphatic rings. The lowest BCUT2D eigenvalue weighted by atomic mass is 9.95. The molecule has 0 saturated heterocycles. The number of hydrazone groups is 1. The monoisotopic (exact) mass is 649 g/mol. The number of aliphatic hydroxyl groups excluding tert-OH is 1. The Balaban J connectivity index is 1.71. The minimum absolute atomic E-state index is 0.111. The number of benzene rings is 2. The van der Waals surface area contributed by atoms with Gasteiger partial charge in [0.05, 0.1) is 47.0 Å². The van der Waals surface area contributed by atoms with Gasteiger partial charge in [-0.25, -0.2) is 9.59 Å². The number of hydrogen-bond acceptors (Lipinski definition) is 11. The number of aliphatic hydroxyl groups is 1. The van der Waals surface area contributed by atoms with Crippen molar-refractivity contribution in [2.45, 2.75) is 46.1 Å². The minimum Gasteiger partial charge on any atom is -0.490 e. The number of allylic oxidation sites excluding steroid dienone is 1. The number of halogens is 1. The number of nitro benzene ring substituents is 1. The minimum atomic E-state index is -1.25. The van der Waals surface area contributed by atoms with Gasteiger partial charge in [0.1, 0.15) is 6.61 Å². The fourth-order valence-corrected chi connectivity index (χ4v) is 4.54. The van der Waals surface area contributed by atoms with Gasteiger partial charge in [0.2, 0.25) is 5.75 Å². The molecule has 0 fully saturated rings. The van der Waals surface area contributed by atoms with E-state index in [1.807, 2.05) is 0 Å². The largest absolute Gasteiger partial charge is 0.490 e. The molecule has 2 aromatic rings. The molecule has 1 aliphatic heterocycles. The number of nitrogens with zero attached hydrogens (tertiary/aromatic N) is 2. The lowest BCUT2D eigenvalue weighted by Crippen LogP contribution is -2.45. The molecular formula is C27H32BrN5O9. The first-order valence-corrected chi connectivity index (χ1v) is 13.6. The fourth-order valence-electron chi connectivity index (χ4n) is 3.98. The normalized spacial score (nSPS) is 15.6. The van der Waals surface area contributed by atoms with Gasteiger partial charge >= 0.3 is 17.7 Å². The number of nitro groups is 1. The smallest absolute Gasteiger partial charge is 0.337 e. The van der Waals surface area contributed by atoms with E-state index in [9.17, 15) is 24.8 Å². The Bertz CT molecular complexity index is 1400. The van der Waals surface area contributed by atoms with Crippen LogP contribution in [0.3, 0.4) is 0 Å². The van der Waals surface area contributed by atoms with Crippen LogP contribution in [0, 0.1) is 10.1 Å². The van der Waals surface area contributed by atoms with E-state index >= 15 is 0 Å². The number of carbonyl (C=O) groups is 2. The first-order valence-electron chi connectivity index (χ1n) is 12.8. The molecule has 1 heterocycles. The number of urea groups is 1. The SMILES string of the molecule is CCOc1cc([C@H]2NC(=O)NC(C)=C2C(=O)OC)ccc1OC[C@H](O)N/N=C/c1cc(Br)c(OC(C)C)c([N+](=O)[O-])c1. The summed E-state index contributed by atoms with van der Waals surface area (Å²) in [6, 6.07) is 6.51. The highest BCUT2D eigenvalue weighted by Crippen LogP contribution is 2.37. The zero-order chi connectivity index (χ0) is 31.0. The van der Waals surface area contributed by atoms with Crippen molar-refractivity contribution in [3.63, 3.8) is 0 Å². The summed E-state index contributed by atoms with van der Waals surface area (Å²) < 4.78 is 22.3. The van der Waals surface area contributed by atoms with Crippen LogP contribution in [0.15, 0.2) is 51.2 Å². The third-order valence-corrected chi connectivity index (χ3v) is 6.29. The van der Waals surface area contributed by atoms with Crippen molar-refractivity contribution in [2.24, 2.45) is 5.10 Å². The molecule has 0 spiro atoms. The average Bonchev–Trinajstić information content (AvgIpc) is 2.92. The van der Waals surface area contributed by atoms with Gasteiger partial charge in [-0.2, -0.15) is 5.10 Å². The van der Waals surface area contributed by atoms with E-state index in [0.29, 0.717) is 39.4 Å². The number of hydrogen-bond donors (Lipinski definition) is 4. The fraction of sp³-hybridized carbons (Fsp3) is 0.370. The highest BCUT2D eigenvalue weighted by atomic mass is 79.9. The molecule has 0 bridgehead atoms. The lowest BCUT2D eigenvalue weighted by Gasteiger charge is -2.28. The van der Waals surface area contributed by atoms with Gasteiger partial charge in [0, 0.05) is 17.3 Å². The highest BCUT2D eigenvalue weighted by Gasteiger charge is 2.32. The van der Waals surface area contributed by atoms with E-state index in [4.69, 9.17) is 18.9 Å². The van der Waals surface area contributed by atoms with Crippen LogP contribution in [-0.2, 0) is 9.53 Å². The summed E-state index contributed by atoms with van der Waals surface area (Å²) in [5, 5.41) is 31.1. The Kier molecular flexibility index (Phi) is 11.1. The van der Waals surface area contributed by atoms with Gasteiger partial charge in [0.25, 0.3) is 0 Å². The molecule has 2 aromatic carbocycles. The van der Waals surface area contributed by atoms with Crippen molar-refractivity contribution in [1.82, 2.24) is 16.1 Å². The molecule has 226 valence electrons. The number of methoxy groups -OCH3 is 1. The maximum atomic E-state index is 12.4. The summed E-state index contributed by atoms with van der Waals surface area (Å²) in [5.41, 5.74) is 3.81. The maximum Gasteiger partial charge on any atom is 0.337 e. The average molecular weight is 650 g/mol. The van der Waals surface area contributed by atoms with Gasteiger partial charge in [0.15, 0.2) is 17.7 Å². The molecule has 0 aliphatic carbocycles. The molecule has 0 radical (unpaired) electrons. The van der Waals surface area contributed by atoms with Crippen molar-refractivity contribution < 1.29 is 38.6 Å². The Labute approximate surface area is 250 Å².